The van der Waals surface area contributed by atoms with Gasteiger partial charge in [-0.2, -0.15) is 9.37 Å². The van der Waals surface area contributed by atoms with Crippen LogP contribution in [0.5, 0.6) is 0 Å². The summed E-state index contributed by atoms with van der Waals surface area (Å²) in [6, 6.07) is 1.54. The van der Waals surface area contributed by atoms with Crippen molar-refractivity contribution < 1.29 is 18.2 Å². The number of nitro benzene ring substituents is 1. The number of hydrogen-bond acceptors (Lipinski definition) is 6. The molecule has 0 bridgehead atoms. The second-order valence-corrected chi connectivity index (χ2v) is 4.92. The first-order chi connectivity index (χ1) is 9.98. The molecule has 0 spiro atoms. The molecule has 9 heteroatoms. The van der Waals surface area contributed by atoms with Crippen molar-refractivity contribution in [3.05, 3.63) is 39.8 Å². The SMILES string of the molecule is NCC1(c2nc(-c3c(F)ccc([N+](=O)[O-])c3F)no2)CC1. The van der Waals surface area contributed by atoms with Gasteiger partial charge in [0.2, 0.25) is 17.5 Å². The molecule has 0 aliphatic heterocycles. The van der Waals surface area contributed by atoms with Crippen LogP contribution in [0.15, 0.2) is 16.7 Å². The Hall–Kier alpha value is -2.42. The van der Waals surface area contributed by atoms with E-state index in [-0.39, 0.29) is 18.3 Å². The molecule has 1 aromatic carbocycles. The van der Waals surface area contributed by atoms with Crippen molar-refractivity contribution in [2.75, 3.05) is 6.54 Å². The van der Waals surface area contributed by atoms with Gasteiger partial charge < -0.3 is 10.3 Å². The molecule has 1 fully saturated rings. The average Bonchev–Trinajstić information content (AvgIpc) is 3.10. The van der Waals surface area contributed by atoms with E-state index < -0.39 is 33.2 Å². The molecule has 1 heterocycles. The number of nitrogens with two attached hydrogens (primary N) is 1. The lowest BCUT2D eigenvalue weighted by Gasteiger charge is -2.04. The Kier molecular flexibility index (Phi) is 2.94. The third-order valence-electron chi connectivity index (χ3n) is 3.62. The van der Waals surface area contributed by atoms with E-state index in [9.17, 15) is 18.9 Å². The maximum absolute atomic E-state index is 14.0. The molecule has 1 aliphatic rings. The first kappa shape index (κ1) is 13.6. The molecule has 3 rings (SSSR count). The van der Waals surface area contributed by atoms with E-state index in [1.165, 1.54) is 0 Å². The van der Waals surface area contributed by atoms with Gasteiger partial charge in [-0.05, 0) is 18.9 Å². The Bertz CT molecular complexity index is 727. The van der Waals surface area contributed by atoms with Crippen LogP contribution in [0, 0.1) is 21.7 Å². The van der Waals surface area contributed by atoms with Crippen LogP contribution in [0.25, 0.3) is 11.4 Å². The molecule has 7 nitrogen and oxygen atoms in total. The Morgan fingerprint density at radius 2 is 2.14 bits per heavy atom. The molecule has 1 saturated carbocycles. The van der Waals surface area contributed by atoms with Gasteiger partial charge in [-0.25, -0.2) is 4.39 Å². The van der Waals surface area contributed by atoms with Crippen LogP contribution < -0.4 is 5.73 Å². The lowest BCUT2D eigenvalue weighted by atomic mass is 10.1. The Morgan fingerprint density at radius 1 is 1.43 bits per heavy atom. The van der Waals surface area contributed by atoms with E-state index in [1.54, 1.807) is 0 Å². The van der Waals surface area contributed by atoms with Crippen molar-refractivity contribution in [2.45, 2.75) is 18.3 Å². The highest BCUT2D eigenvalue weighted by atomic mass is 19.1. The van der Waals surface area contributed by atoms with Crippen molar-refractivity contribution >= 4 is 5.69 Å². The normalized spacial score (nSPS) is 16.0. The van der Waals surface area contributed by atoms with Gasteiger partial charge in [0, 0.05) is 12.6 Å². The van der Waals surface area contributed by atoms with Crippen LogP contribution in [0.2, 0.25) is 0 Å². The summed E-state index contributed by atoms with van der Waals surface area (Å²) < 4.78 is 32.8. The van der Waals surface area contributed by atoms with E-state index in [0.29, 0.717) is 0 Å². The fourth-order valence-corrected chi connectivity index (χ4v) is 2.08. The molecule has 0 saturated heterocycles. The fraction of sp³-hybridized carbons (Fsp3) is 0.333. The second-order valence-electron chi connectivity index (χ2n) is 4.92. The van der Waals surface area contributed by atoms with Crippen LogP contribution in [0.1, 0.15) is 18.7 Å². The molecular weight excluding hydrogens is 286 g/mol. The highest BCUT2D eigenvalue weighted by Gasteiger charge is 2.48. The highest BCUT2D eigenvalue weighted by molar-refractivity contribution is 5.61. The topological polar surface area (TPSA) is 108 Å². The van der Waals surface area contributed by atoms with Crippen molar-refractivity contribution in [1.82, 2.24) is 10.1 Å². The Balaban J connectivity index is 2.09. The Morgan fingerprint density at radius 3 is 2.71 bits per heavy atom. The predicted octanol–water partition coefficient (Wildman–Crippen LogP) is 1.91. The summed E-state index contributed by atoms with van der Waals surface area (Å²) >= 11 is 0. The van der Waals surface area contributed by atoms with Crippen LogP contribution in [-0.4, -0.2) is 21.6 Å². The van der Waals surface area contributed by atoms with Crippen molar-refractivity contribution in [3.63, 3.8) is 0 Å². The number of aromatic nitrogens is 2. The molecule has 0 radical (unpaired) electrons. The van der Waals surface area contributed by atoms with E-state index in [2.05, 4.69) is 10.1 Å². The van der Waals surface area contributed by atoms with E-state index in [4.69, 9.17) is 10.3 Å². The number of hydrogen-bond donors (Lipinski definition) is 1. The monoisotopic (exact) mass is 296 g/mol. The predicted molar refractivity (Wildman–Crippen MR) is 66.3 cm³/mol. The number of nitrogens with zero attached hydrogens (tertiary/aromatic N) is 3. The molecule has 2 N–H and O–H groups in total. The smallest absolute Gasteiger partial charge is 0.305 e. The standard InChI is InChI=1S/C12H10F2N4O3/c13-6-1-2-7(18(19)20)9(14)8(6)10-16-11(21-17-10)12(5-15)3-4-12/h1-2H,3-5,15H2. The number of halogens is 2. The summed E-state index contributed by atoms with van der Waals surface area (Å²) in [6.45, 7) is 0.286. The molecule has 1 aliphatic carbocycles. The fourth-order valence-electron chi connectivity index (χ4n) is 2.08. The van der Waals surface area contributed by atoms with Crippen LogP contribution >= 0.6 is 0 Å². The quantitative estimate of drug-likeness (QED) is 0.682. The van der Waals surface area contributed by atoms with Gasteiger partial charge in [0.1, 0.15) is 11.4 Å². The first-order valence-corrected chi connectivity index (χ1v) is 6.15. The molecule has 0 unspecified atom stereocenters. The first-order valence-electron chi connectivity index (χ1n) is 6.15. The highest BCUT2D eigenvalue weighted by Crippen LogP contribution is 2.46. The van der Waals surface area contributed by atoms with Crippen LogP contribution in [0.4, 0.5) is 14.5 Å². The molecule has 0 amide bonds. The minimum Gasteiger partial charge on any atom is -0.338 e. The van der Waals surface area contributed by atoms with Gasteiger partial charge in [-0.15, -0.1) is 0 Å². The van der Waals surface area contributed by atoms with E-state index in [1.807, 2.05) is 0 Å². The minimum absolute atomic E-state index is 0.199. The molecule has 0 atom stereocenters. The molecule has 1 aromatic heterocycles. The average molecular weight is 296 g/mol. The van der Waals surface area contributed by atoms with Gasteiger partial charge >= 0.3 is 5.69 Å². The van der Waals surface area contributed by atoms with Crippen LogP contribution in [-0.2, 0) is 5.41 Å². The maximum atomic E-state index is 14.0. The van der Waals surface area contributed by atoms with Crippen molar-refractivity contribution in [2.24, 2.45) is 5.73 Å². The summed E-state index contributed by atoms with van der Waals surface area (Å²) in [5.74, 6) is -2.48. The molecule has 110 valence electrons. The number of benzene rings is 1. The zero-order chi connectivity index (χ0) is 15.2. The second kappa shape index (κ2) is 4.55. The number of rotatable bonds is 4. The largest absolute Gasteiger partial charge is 0.338 e. The third kappa shape index (κ3) is 2.05. The van der Waals surface area contributed by atoms with Crippen molar-refractivity contribution in [3.8, 4) is 11.4 Å². The Labute approximate surface area is 116 Å². The minimum atomic E-state index is -1.33. The van der Waals surface area contributed by atoms with Gasteiger partial charge in [0.05, 0.1) is 10.3 Å². The van der Waals surface area contributed by atoms with Gasteiger partial charge in [0.25, 0.3) is 0 Å². The summed E-state index contributed by atoms with van der Waals surface area (Å²) in [6.07, 6.45) is 1.51. The van der Waals surface area contributed by atoms with E-state index in [0.717, 1.165) is 25.0 Å². The lowest BCUT2D eigenvalue weighted by molar-refractivity contribution is -0.387. The molecular formula is C12H10F2N4O3. The van der Waals surface area contributed by atoms with E-state index >= 15 is 0 Å². The van der Waals surface area contributed by atoms with Gasteiger partial charge in [0.15, 0.2) is 0 Å². The summed E-state index contributed by atoms with van der Waals surface area (Å²) in [7, 11) is 0. The van der Waals surface area contributed by atoms with Gasteiger partial charge in [-0.3, -0.25) is 10.1 Å². The lowest BCUT2D eigenvalue weighted by Crippen LogP contribution is -2.20. The van der Waals surface area contributed by atoms with Crippen molar-refractivity contribution in [1.29, 1.82) is 0 Å². The maximum Gasteiger partial charge on any atom is 0.305 e. The molecule has 21 heavy (non-hydrogen) atoms. The van der Waals surface area contributed by atoms with Gasteiger partial charge in [-0.1, -0.05) is 5.16 Å². The molecule has 2 aromatic rings. The third-order valence-corrected chi connectivity index (χ3v) is 3.62. The summed E-state index contributed by atoms with van der Waals surface area (Å²) in [4.78, 5) is 13.7. The summed E-state index contributed by atoms with van der Waals surface area (Å²) in [5, 5.41) is 14.2. The zero-order valence-corrected chi connectivity index (χ0v) is 10.7. The van der Waals surface area contributed by atoms with Crippen LogP contribution in [0.3, 0.4) is 0 Å². The summed E-state index contributed by atoms with van der Waals surface area (Å²) in [5.41, 5.74) is 3.65. The zero-order valence-electron chi connectivity index (χ0n) is 10.7. The number of nitro groups is 1.